The molecule has 2 amide bonds. The number of benzene rings is 1. The van der Waals surface area contributed by atoms with Gasteiger partial charge in [-0.05, 0) is 64.8 Å². The Hall–Kier alpha value is -3.86. The van der Waals surface area contributed by atoms with Crippen LogP contribution in [0, 0.1) is 0 Å². The molecule has 0 saturated carbocycles. The van der Waals surface area contributed by atoms with Crippen molar-refractivity contribution < 1.29 is 23.8 Å². The van der Waals surface area contributed by atoms with Crippen molar-refractivity contribution in [3.05, 3.63) is 36.0 Å². The van der Waals surface area contributed by atoms with Crippen LogP contribution in [-0.4, -0.2) is 82.5 Å². The fourth-order valence-electron chi connectivity index (χ4n) is 5.41. The number of primary amides is 1. The van der Waals surface area contributed by atoms with Gasteiger partial charge in [0.2, 0.25) is 5.91 Å². The van der Waals surface area contributed by atoms with Gasteiger partial charge in [0, 0.05) is 36.5 Å². The minimum atomic E-state index is -0.587. The number of hydrogen-bond donors (Lipinski definition) is 1. The summed E-state index contributed by atoms with van der Waals surface area (Å²) in [5.41, 5.74) is 7.41. The predicted molar refractivity (Wildman–Crippen MR) is 152 cm³/mol. The van der Waals surface area contributed by atoms with Crippen LogP contribution in [0.1, 0.15) is 50.9 Å². The molecule has 2 atom stereocenters. The lowest BCUT2D eigenvalue weighted by Gasteiger charge is -2.34. The van der Waals surface area contributed by atoms with Gasteiger partial charge in [-0.15, -0.1) is 0 Å². The van der Waals surface area contributed by atoms with Gasteiger partial charge in [-0.2, -0.15) is 0 Å². The van der Waals surface area contributed by atoms with Crippen LogP contribution in [0.5, 0.6) is 5.75 Å². The summed E-state index contributed by atoms with van der Waals surface area (Å²) in [6.45, 7) is 10.4. The molecule has 11 nitrogen and oxygen atoms in total. The minimum Gasteiger partial charge on any atom is -0.494 e. The van der Waals surface area contributed by atoms with E-state index in [4.69, 9.17) is 29.9 Å². The lowest BCUT2D eigenvalue weighted by Crippen LogP contribution is -2.48. The molecule has 1 aromatic carbocycles. The quantitative estimate of drug-likeness (QED) is 0.491. The molecule has 5 rings (SSSR count). The third kappa shape index (κ3) is 5.70. The number of anilines is 1. The first-order valence-electron chi connectivity index (χ1n) is 13.7. The van der Waals surface area contributed by atoms with E-state index in [1.165, 1.54) is 0 Å². The van der Waals surface area contributed by atoms with Gasteiger partial charge in [0.15, 0.2) is 0 Å². The van der Waals surface area contributed by atoms with Crippen LogP contribution in [0.15, 0.2) is 30.5 Å². The molecule has 2 N–H and O–H groups in total. The van der Waals surface area contributed by atoms with Gasteiger partial charge in [-0.3, -0.25) is 4.79 Å². The summed E-state index contributed by atoms with van der Waals surface area (Å²) in [5, 5.41) is 0. The molecular formula is C29H38N6O5. The lowest BCUT2D eigenvalue weighted by molar-refractivity contribution is -0.0468. The highest BCUT2D eigenvalue weighted by Gasteiger charge is 2.30. The van der Waals surface area contributed by atoms with Crippen molar-refractivity contribution in [1.82, 2.24) is 19.4 Å². The van der Waals surface area contributed by atoms with Gasteiger partial charge in [-0.25, -0.2) is 14.8 Å². The first-order chi connectivity index (χ1) is 19.0. The number of imidazole rings is 1. The van der Waals surface area contributed by atoms with Crippen LogP contribution < -0.4 is 15.4 Å². The second-order valence-electron chi connectivity index (χ2n) is 11.5. The maximum Gasteiger partial charge on any atom is 0.410 e. The lowest BCUT2D eigenvalue weighted by atomic mass is 10.1. The van der Waals surface area contributed by atoms with Gasteiger partial charge in [0.1, 0.15) is 28.5 Å². The van der Waals surface area contributed by atoms with Crippen molar-refractivity contribution >= 4 is 28.9 Å². The van der Waals surface area contributed by atoms with Gasteiger partial charge < -0.3 is 34.3 Å². The van der Waals surface area contributed by atoms with Gasteiger partial charge in [0.05, 0.1) is 38.4 Å². The normalized spacial score (nSPS) is 19.7. The molecule has 214 valence electrons. The highest BCUT2D eigenvalue weighted by molar-refractivity contribution is 5.99. The SMILES string of the molecule is COc1cc(C(N)=O)cc2nc(-c3ccc(N4CCCC4C)nc3)n(C[C@@H]3CN(C(=O)OC(C)(C)C)CCO3)c12. The number of ether oxygens (including phenoxy) is 3. The van der Waals surface area contributed by atoms with Crippen LogP contribution in [0.3, 0.4) is 0 Å². The molecule has 4 heterocycles. The molecule has 0 radical (unpaired) electrons. The molecule has 2 aliphatic rings. The molecule has 40 heavy (non-hydrogen) atoms. The molecule has 2 aliphatic heterocycles. The number of morpholine rings is 1. The first-order valence-corrected chi connectivity index (χ1v) is 13.7. The molecule has 2 fully saturated rings. The van der Waals surface area contributed by atoms with Crippen molar-refractivity contribution in [2.45, 2.75) is 64.8 Å². The van der Waals surface area contributed by atoms with Crippen molar-refractivity contribution in [1.29, 1.82) is 0 Å². The number of pyridine rings is 1. The van der Waals surface area contributed by atoms with Gasteiger partial charge in [0.25, 0.3) is 0 Å². The summed E-state index contributed by atoms with van der Waals surface area (Å²) in [4.78, 5) is 38.5. The van der Waals surface area contributed by atoms with E-state index in [2.05, 4.69) is 11.8 Å². The van der Waals surface area contributed by atoms with Gasteiger partial charge in [-0.1, -0.05) is 0 Å². The summed E-state index contributed by atoms with van der Waals surface area (Å²) < 4.78 is 19.4. The van der Waals surface area contributed by atoms with E-state index in [9.17, 15) is 9.59 Å². The van der Waals surface area contributed by atoms with E-state index in [0.717, 1.165) is 30.8 Å². The zero-order chi connectivity index (χ0) is 28.6. The largest absolute Gasteiger partial charge is 0.494 e. The molecular weight excluding hydrogens is 512 g/mol. The average molecular weight is 551 g/mol. The first kappa shape index (κ1) is 27.7. The molecule has 0 bridgehead atoms. The summed E-state index contributed by atoms with van der Waals surface area (Å²) >= 11 is 0. The van der Waals surface area contributed by atoms with Crippen LogP contribution in [0.4, 0.5) is 10.6 Å². The number of methoxy groups -OCH3 is 1. The fraction of sp³-hybridized carbons (Fsp3) is 0.517. The fourth-order valence-corrected chi connectivity index (χ4v) is 5.41. The van der Waals surface area contributed by atoms with Crippen molar-refractivity contribution in [3.63, 3.8) is 0 Å². The average Bonchev–Trinajstić information content (AvgIpc) is 3.51. The highest BCUT2D eigenvalue weighted by Crippen LogP contribution is 2.34. The number of fused-ring (bicyclic) bond motifs is 1. The highest BCUT2D eigenvalue weighted by atomic mass is 16.6. The Labute approximate surface area is 234 Å². The molecule has 2 saturated heterocycles. The monoisotopic (exact) mass is 550 g/mol. The maximum absolute atomic E-state index is 12.8. The number of aromatic nitrogens is 3. The standard InChI is InChI=1S/C29H38N6O5/c1-18-7-6-10-34(18)24-9-8-19(15-31-24)27-32-22-13-20(26(30)36)14-23(38-5)25(22)35(27)17-21-16-33(11-12-39-21)28(37)40-29(2,3)4/h8-9,13-15,18,21H,6-7,10-12,16-17H2,1-5H3,(H2,30,36)/t18?,21-/m0/s1. The number of nitrogens with zero attached hydrogens (tertiary/aromatic N) is 5. The Morgan fingerprint density at radius 3 is 2.62 bits per heavy atom. The van der Waals surface area contributed by atoms with Crippen LogP contribution >= 0.6 is 0 Å². The third-order valence-corrected chi connectivity index (χ3v) is 7.34. The summed E-state index contributed by atoms with van der Waals surface area (Å²) in [7, 11) is 1.55. The topological polar surface area (TPSA) is 125 Å². The maximum atomic E-state index is 12.8. The van der Waals surface area contributed by atoms with E-state index in [0.29, 0.717) is 60.5 Å². The molecule has 11 heteroatoms. The number of carbonyl (C=O) groups excluding carboxylic acids is 2. The van der Waals surface area contributed by atoms with Crippen LogP contribution in [0.2, 0.25) is 0 Å². The third-order valence-electron chi connectivity index (χ3n) is 7.34. The van der Waals surface area contributed by atoms with Crippen molar-refractivity contribution in [3.8, 4) is 17.1 Å². The van der Waals surface area contributed by atoms with Crippen molar-refractivity contribution in [2.75, 3.05) is 38.3 Å². The predicted octanol–water partition coefficient (Wildman–Crippen LogP) is 3.83. The van der Waals surface area contributed by atoms with Gasteiger partial charge >= 0.3 is 6.09 Å². The number of hydrogen-bond acceptors (Lipinski definition) is 8. The summed E-state index contributed by atoms with van der Waals surface area (Å²) in [6.07, 6.45) is 3.45. The number of rotatable bonds is 6. The van der Waals surface area contributed by atoms with Crippen LogP contribution in [-0.2, 0) is 16.0 Å². The van der Waals surface area contributed by atoms with Crippen molar-refractivity contribution in [2.24, 2.45) is 5.73 Å². The van der Waals surface area contributed by atoms with E-state index in [-0.39, 0.29) is 12.2 Å². The Morgan fingerprint density at radius 2 is 2.00 bits per heavy atom. The molecule has 3 aromatic rings. The van der Waals surface area contributed by atoms with E-state index in [1.54, 1.807) is 24.1 Å². The number of carbonyl (C=O) groups is 2. The summed E-state index contributed by atoms with van der Waals surface area (Å²) in [5.74, 6) is 1.50. The Kier molecular flexibility index (Phi) is 7.59. The Morgan fingerprint density at radius 1 is 1.20 bits per heavy atom. The zero-order valence-corrected chi connectivity index (χ0v) is 23.8. The molecule has 0 spiro atoms. The second kappa shape index (κ2) is 11.0. The Bertz CT molecular complexity index is 1400. The molecule has 1 unspecified atom stereocenters. The number of nitrogens with two attached hydrogens (primary N) is 1. The molecule has 0 aliphatic carbocycles. The minimum absolute atomic E-state index is 0.307. The smallest absolute Gasteiger partial charge is 0.410 e. The second-order valence-corrected chi connectivity index (χ2v) is 11.5. The van der Waals surface area contributed by atoms with E-state index >= 15 is 0 Å². The van der Waals surface area contributed by atoms with E-state index in [1.807, 2.05) is 43.7 Å². The van der Waals surface area contributed by atoms with Crippen LogP contribution in [0.25, 0.3) is 22.4 Å². The number of amides is 2. The zero-order valence-electron chi connectivity index (χ0n) is 23.8. The summed E-state index contributed by atoms with van der Waals surface area (Å²) in [6, 6.07) is 7.78. The Balaban J connectivity index is 1.52. The molecule has 2 aromatic heterocycles. The van der Waals surface area contributed by atoms with E-state index < -0.39 is 11.5 Å².